The first-order chi connectivity index (χ1) is 20.1. The second-order valence-electron chi connectivity index (χ2n) is 11.0. The first-order valence-electron chi connectivity index (χ1n) is 13.9. The molecule has 0 bridgehead atoms. The molecule has 4 aromatic rings. The maximum atomic E-state index is 17.0. The lowest BCUT2D eigenvalue weighted by atomic mass is 10.0. The van der Waals surface area contributed by atoms with E-state index in [9.17, 15) is 14.7 Å². The lowest BCUT2D eigenvalue weighted by Crippen LogP contribution is -2.55. The molecule has 2 aliphatic rings. The molecule has 3 aromatic heterocycles. The van der Waals surface area contributed by atoms with Crippen LogP contribution in [0.5, 0.6) is 5.75 Å². The van der Waals surface area contributed by atoms with Crippen molar-refractivity contribution in [1.29, 1.82) is 0 Å². The summed E-state index contributed by atoms with van der Waals surface area (Å²) in [6, 6.07) is 5.22. The monoisotopic (exact) mass is 572 g/mol. The van der Waals surface area contributed by atoms with Gasteiger partial charge in [0.15, 0.2) is 5.82 Å². The zero-order chi connectivity index (χ0) is 29.9. The molecule has 5 heterocycles. The largest absolute Gasteiger partial charge is 0.507 e. The van der Waals surface area contributed by atoms with Gasteiger partial charge in [0, 0.05) is 31.9 Å². The third-order valence-corrected chi connectivity index (χ3v) is 8.14. The maximum absolute atomic E-state index is 17.0. The number of aromatic nitrogens is 4. The number of aryl methyl sites for hydroxylation is 2. The average molecular weight is 573 g/mol. The van der Waals surface area contributed by atoms with E-state index in [-0.39, 0.29) is 34.8 Å². The van der Waals surface area contributed by atoms with Gasteiger partial charge >= 0.3 is 5.69 Å². The first-order valence-corrected chi connectivity index (χ1v) is 13.9. The number of amides is 1. The Labute approximate surface area is 240 Å². The molecule has 0 radical (unpaired) electrons. The number of rotatable bonds is 4. The number of hydrogen-bond donors (Lipinski definition) is 1. The Kier molecular flexibility index (Phi) is 6.75. The second-order valence-corrected chi connectivity index (χ2v) is 11.0. The van der Waals surface area contributed by atoms with Gasteiger partial charge in [-0.15, -0.1) is 0 Å². The molecule has 1 atom stereocenters. The van der Waals surface area contributed by atoms with Gasteiger partial charge in [-0.2, -0.15) is 4.98 Å². The molecule has 216 valence electrons. The van der Waals surface area contributed by atoms with Crippen LogP contribution in [0, 0.1) is 18.6 Å². The summed E-state index contributed by atoms with van der Waals surface area (Å²) in [6.07, 6.45) is 3.76. The molecule has 0 spiro atoms. The summed E-state index contributed by atoms with van der Waals surface area (Å²) >= 11 is 0. The zero-order valence-corrected chi connectivity index (χ0v) is 23.6. The van der Waals surface area contributed by atoms with Gasteiger partial charge in [-0.05, 0) is 55.5 Å². The molecule has 1 fully saturated rings. The number of benzene rings is 1. The molecule has 9 nitrogen and oxygen atoms in total. The minimum Gasteiger partial charge on any atom is -0.507 e. The number of nitrogens with zero attached hydrogens (tertiary/aromatic N) is 6. The van der Waals surface area contributed by atoms with Crippen molar-refractivity contribution in [2.24, 2.45) is 0 Å². The summed E-state index contributed by atoms with van der Waals surface area (Å²) < 4.78 is 33.3. The number of aromatic hydroxyl groups is 1. The molecular weight excluding hydrogens is 542 g/mol. The van der Waals surface area contributed by atoms with Crippen LogP contribution in [0.4, 0.5) is 14.6 Å². The van der Waals surface area contributed by atoms with Crippen molar-refractivity contribution in [1.82, 2.24) is 24.4 Å². The van der Waals surface area contributed by atoms with E-state index in [0.717, 1.165) is 6.07 Å². The number of anilines is 1. The molecule has 1 amide bonds. The van der Waals surface area contributed by atoms with E-state index >= 15 is 8.78 Å². The van der Waals surface area contributed by atoms with Crippen LogP contribution in [-0.2, 0) is 11.2 Å². The number of fused-ring (bicyclic) bond motifs is 2. The summed E-state index contributed by atoms with van der Waals surface area (Å²) in [5, 5.41) is 11.0. The van der Waals surface area contributed by atoms with Gasteiger partial charge in [0.05, 0.1) is 28.0 Å². The molecule has 1 saturated heterocycles. The molecule has 1 unspecified atom stereocenters. The Morgan fingerprint density at radius 2 is 1.98 bits per heavy atom. The van der Waals surface area contributed by atoms with E-state index in [1.54, 1.807) is 17.2 Å². The second kappa shape index (κ2) is 10.3. The highest BCUT2D eigenvalue weighted by Crippen LogP contribution is 2.41. The third-order valence-electron chi connectivity index (χ3n) is 8.14. The third kappa shape index (κ3) is 4.22. The lowest BCUT2D eigenvalue weighted by molar-refractivity contribution is -0.126. The number of halogens is 2. The van der Waals surface area contributed by atoms with Crippen LogP contribution < -0.4 is 10.6 Å². The maximum Gasteiger partial charge on any atom is 0.354 e. The Morgan fingerprint density at radius 3 is 2.69 bits per heavy atom. The Bertz CT molecular complexity index is 1820. The van der Waals surface area contributed by atoms with Crippen molar-refractivity contribution in [2.45, 2.75) is 45.6 Å². The van der Waals surface area contributed by atoms with Gasteiger partial charge in [-0.1, -0.05) is 26.5 Å². The molecular formula is C31H30F2N6O3. The van der Waals surface area contributed by atoms with Gasteiger partial charge in [-0.25, -0.2) is 18.6 Å². The SMILES string of the molecule is C=CC(=O)N1CCN2c3nc(=O)n(-c4c(C)ccnc4C(C)C)c4c(F)c(-c5c(O)cccc5F)nc(c34)CCC2C1. The minimum atomic E-state index is -0.952. The van der Waals surface area contributed by atoms with Crippen molar-refractivity contribution in [2.75, 3.05) is 24.5 Å². The Balaban J connectivity index is 1.72. The fourth-order valence-corrected chi connectivity index (χ4v) is 6.14. The molecule has 0 aliphatic carbocycles. The predicted molar refractivity (Wildman–Crippen MR) is 155 cm³/mol. The van der Waals surface area contributed by atoms with E-state index in [1.165, 1.54) is 22.8 Å². The highest BCUT2D eigenvalue weighted by Gasteiger charge is 2.37. The summed E-state index contributed by atoms with van der Waals surface area (Å²) in [5.41, 5.74) is 0.477. The summed E-state index contributed by atoms with van der Waals surface area (Å²) in [7, 11) is 0. The Hall–Kier alpha value is -4.67. The van der Waals surface area contributed by atoms with Gasteiger partial charge < -0.3 is 14.9 Å². The van der Waals surface area contributed by atoms with E-state index < -0.39 is 28.8 Å². The average Bonchev–Trinajstić information content (AvgIpc) is 3.11. The van der Waals surface area contributed by atoms with Crippen LogP contribution in [0.15, 0.2) is 47.9 Å². The number of pyridine rings is 2. The smallest absolute Gasteiger partial charge is 0.354 e. The van der Waals surface area contributed by atoms with Gasteiger partial charge in [0.2, 0.25) is 5.91 Å². The molecule has 11 heteroatoms. The number of carbonyl (C=O) groups excluding carboxylic acids is 1. The standard InChI is InChI=1S/C31H30F2N6O3/c1-5-22(41)37-13-14-38-18(15-37)9-10-20-24-29(25(33)27(35-20)23-19(32)7-6-8-21(23)40)39(31(42)36-30(24)38)28-17(4)11-12-34-26(28)16(2)3/h5-8,11-12,16,18,40H,1,9-10,13-15H2,2-4H3. The van der Waals surface area contributed by atoms with Crippen molar-refractivity contribution in [3.05, 3.63) is 82.2 Å². The van der Waals surface area contributed by atoms with E-state index in [1.807, 2.05) is 25.7 Å². The lowest BCUT2D eigenvalue weighted by Gasteiger charge is -2.41. The summed E-state index contributed by atoms with van der Waals surface area (Å²) in [6.45, 7) is 10.4. The number of phenols is 1. The van der Waals surface area contributed by atoms with Crippen molar-refractivity contribution in [3.8, 4) is 22.7 Å². The van der Waals surface area contributed by atoms with Crippen LogP contribution in [-0.4, -0.2) is 61.1 Å². The van der Waals surface area contributed by atoms with Gasteiger partial charge in [0.25, 0.3) is 0 Å². The summed E-state index contributed by atoms with van der Waals surface area (Å²) in [4.78, 5) is 43.7. The van der Waals surface area contributed by atoms with Gasteiger partial charge in [0.1, 0.15) is 28.6 Å². The van der Waals surface area contributed by atoms with Crippen molar-refractivity contribution in [3.63, 3.8) is 0 Å². The van der Waals surface area contributed by atoms with Crippen LogP contribution >= 0.6 is 0 Å². The van der Waals surface area contributed by atoms with Crippen molar-refractivity contribution >= 4 is 22.6 Å². The minimum absolute atomic E-state index is 0.101. The molecule has 0 saturated carbocycles. The number of hydrogen-bond acceptors (Lipinski definition) is 7. The van der Waals surface area contributed by atoms with E-state index in [4.69, 9.17) is 0 Å². The van der Waals surface area contributed by atoms with Crippen LogP contribution in [0.25, 0.3) is 27.8 Å². The quantitative estimate of drug-likeness (QED) is 0.362. The van der Waals surface area contributed by atoms with Crippen LogP contribution in [0.3, 0.4) is 0 Å². The molecule has 1 aromatic carbocycles. The zero-order valence-electron chi connectivity index (χ0n) is 23.6. The normalized spacial score (nSPS) is 16.5. The first kappa shape index (κ1) is 27.5. The highest BCUT2D eigenvalue weighted by atomic mass is 19.1. The molecule has 6 rings (SSSR count). The number of piperazine rings is 1. The fourth-order valence-electron chi connectivity index (χ4n) is 6.14. The van der Waals surface area contributed by atoms with Crippen LogP contribution in [0.2, 0.25) is 0 Å². The predicted octanol–water partition coefficient (Wildman–Crippen LogP) is 4.41. The molecule has 2 aliphatic heterocycles. The Morgan fingerprint density at radius 1 is 1.19 bits per heavy atom. The number of phenolic OH excluding ortho intramolecular Hbond substituents is 1. The number of carbonyl (C=O) groups is 1. The molecule has 1 N–H and O–H groups in total. The van der Waals surface area contributed by atoms with E-state index in [0.29, 0.717) is 60.5 Å². The molecule has 42 heavy (non-hydrogen) atoms. The van der Waals surface area contributed by atoms with Crippen LogP contribution in [0.1, 0.15) is 43.1 Å². The topological polar surface area (TPSA) is 104 Å². The highest BCUT2D eigenvalue weighted by molar-refractivity contribution is 5.97. The van der Waals surface area contributed by atoms with Crippen molar-refractivity contribution < 1.29 is 18.7 Å². The fraction of sp³-hybridized carbons (Fsp3) is 0.323. The summed E-state index contributed by atoms with van der Waals surface area (Å²) in [5.74, 6) is -2.30. The van der Waals surface area contributed by atoms with Gasteiger partial charge in [-0.3, -0.25) is 14.3 Å². The van der Waals surface area contributed by atoms with E-state index in [2.05, 4.69) is 21.5 Å².